The van der Waals surface area contributed by atoms with Crippen LogP contribution in [-0.4, -0.2) is 38.2 Å². The van der Waals surface area contributed by atoms with Crippen molar-refractivity contribution in [3.8, 4) is 28.8 Å². The smallest absolute Gasteiger partial charge is 0.222 e. The summed E-state index contributed by atoms with van der Waals surface area (Å²) in [7, 11) is 1.56. The van der Waals surface area contributed by atoms with E-state index in [2.05, 4.69) is 11.1 Å². The quantitative estimate of drug-likeness (QED) is 0.672. The number of benzene rings is 2. The van der Waals surface area contributed by atoms with Gasteiger partial charge in [-0.1, -0.05) is 12.1 Å². The van der Waals surface area contributed by atoms with Gasteiger partial charge in [0.1, 0.15) is 37.1 Å². The molecule has 1 aromatic heterocycles. The van der Waals surface area contributed by atoms with Crippen molar-refractivity contribution in [1.29, 1.82) is 5.26 Å². The maximum absolute atomic E-state index is 13.8. The zero-order chi connectivity index (χ0) is 19.5. The SMILES string of the molecule is COc1ccc2c(OC[C@@H]3COCO3)nc(C#N)c(-c3cccc(F)c3)c2c1. The molecule has 2 aromatic carbocycles. The van der Waals surface area contributed by atoms with Crippen LogP contribution in [0.4, 0.5) is 4.39 Å². The number of nitriles is 1. The Morgan fingerprint density at radius 1 is 1.25 bits per heavy atom. The van der Waals surface area contributed by atoms with Crippen LogP contribution in [0, 0.1) is 17.1 Å². The first kappa shape index (κ1) is 18.2. The van der Waals surface area contributed by atoms with Crippen molar-refractivity contribution in [1.82, 2.24) is 4.98 Å². The maximum Gasteiger partial charge on any atom is 0.222 e. The first-order chi connectivity index (χ1) is 13.7. The Balaban J connectivity index is 1.88. The lowest BCUT2D eigenvalue weighted by Crippen LogP contribution is -2.20. The lowest BCUT2D eigenvalue weighted by molar-refractivity contribution is 0.0316. The van der Waals surface area contributed by atoms with Crippen LogP contribution in [0.3, 0.4) is 0 Å². The lowest BCUT2D eigenvalue weighted by atomic mass is 9.97. The molecule has 1 aliphatic heterocycles. The van der Waals surface area contributed by atoms with E-state index in [9.17, 15) is 9.65 Å². The van der Waals surface area contributed by atoms with Gasteiger partial charge in [0.05, 0.1) is 13.7 Å². The van der Waals surface area contributed by atoms with Crippen molar-refractivity contribution in [2.45, 2.75) is 6.10 Å². The Morgan fingerprint density at radius 3 is 2.86 bits per heavy atom. The maximum atomic E-state index is 13.8. The summed E-state index contributed by atoms with van der Waals surface area (Å²) in [4.78, 5) is 4.40. The van der Waals surface area contributed by atoms with E-state index in [1.807, 2.05) is 6.07 Å². The van der Waals surface area contributed by atoms with Crippen LogP contribution in [0.5, 0.6) is 11.6 Å². The molecule has 0 bridgehead atoms. The number of hydrogen-bond donors (Lipinski definition) is 0. The number of aromatic nitrogens is 1. The van der Waals surface area contributed by atoms with E-state index < -0.39 is 5.82 Å². The zero-order valence-electron chi connectivity index (χ0n) is 15.1. The van der Waals surface area contributed by atoms with Gasteiger partial charge in [0.25, 0.3) is 0 Å². The van der Waals surface area contributed by atoms with Gasteiger partial charge in [-0.3, -0.25) is 0 Å². The highest BCUT2D eigenvalue weighted by atomic mass is 19.1. The highest BCUT2D eigenvalue weighted by Gasteiger charge is 2.21. The van der Waals surface area contributed by atoms with Gasteiger partial charge in [-0.2, -0.15) is 5.26 Å². The number of rotatable bonds is 5. The molecule has 6 nitrogen and oxygen atoms in total. The molecule has 1 aliphatic rings. The van der Waals surface area contributed by atoms with Crippen LogP contribution in [0.25, 0.3) is 21.9 Å². The van der Waals surface area contributed by atoms with E-state index in [1.54, 1.807) is 31.4 Å². The molecule has 1 fully saturated rings. The second kappa shape index (κ2) is 7.80. The fraction of sp³-hybridized carbons (Fsp3) is 0.238. The van der Waals surface area contributed by atoms with Crippen LogP contribution in [0.2, 0.25) is 0 Å². The van der Waals surface area contributed by atoms with Gasteiger partial charge >= 0.3 is 0 Å². The van der Waals surface area contributed by atoms with Crippen molar-refractivity contribution >= 4 is 10.8 Å². The van der Waals surface area contributed by atoms with Gasteiger partial charge in [-0.15, -0.1) is 0 Å². The molecular formula is C21H17FN2O4. The first-order valence-corrected chi connectivity index (χ1v) is 8.69. The Bertz CT molecular complexity index is 1060. The number of methoxy groups -OCH3 is 1. The normalized spacial score (nSPS) is 16.1. The third kappa shape index (κ3) is 3.48. The Kier molecular flexibility index (Phi) is 5.06. The van der Waals surface area contributed by atoms with Crippen LogP contribution >= 0.6 is 0 Å². The van der Waals surface area contributed by atoms with Gasteiger partial charge < -0.3 is 18.9 Å². The molecule has 1 atom stereocenters. The number of pyridine rings is 1. The molecule has 1 saturated heterocycles. The summed E-state index contributed by atoms with van der Waals surface area (Å²) in [5, 5.41) is 11.1. The van der Waals surface area contributed by atoms with Crippen LogP contribution < -0.4 is 9.47 Å². The second-order valence-corrected chi connectivity index (χ2v) is 6.26. The standard InChI is InChI=1S/C21H17FN2O4/c1-25-15-5-6-17-18(8-15)20(13-3-2-4-14(22)7-13)19(9-23)24-21(17)27-11-16-10-26-12-28-16/h2-8,16H,10-12H2,1H3/t16-/m0/s1. The summed E-state index contributed by atoms with van der Waals surface area (Å²) in [6.07, 6.45) is -0.191. The largest absolute Gasteiger partial charge is 0.497 e. The number of fused-ring (bicyclic) bond motifs is 1. The summed E-state index contributed by atoms with van der Waals surface area (Å²) in [5.74, 6) is 0.528. The second-order valence-electron chi connectivity index (χ2n) is 6.26. The molecular weight excluding hydrogens is 363 g/mol. The predicted octanol–water partition coefficient (Wildman–Crippen LogP) is 3.67. The molecule has 0 unspecified atom stereocenters. The molecule has 28 heavy (non-hydrogen) atoms. The van der Waals surface area contributed by atoms with Gasteiger partial charge in [-0.25, -0.2) is 9.37 Å². The van der Waals surface area contributed by atoms with Crippen molar-refractivity contribution in [2.24, 2.45) is 0 Å². The molecule has 4 rings (SSSR count). The van der Waals surface area contributed by atoms with E-state index in [0.29, 0.717) is 40.1 Å². The molecule has 0 amide bonds. The molecule has 0 saturated carbocycles. The minimum absolute atomic E-state index is 0.143. The molecule has 0 spiro atoms. The minimum Gasteiger partial charge on any atom is -0.497 e. The lowest BCUT2D eigenvalue weighted by Gasteiger charge is -2.16. The van der Waals surface area contributed by atoms with Gasteiger partial charge in [-0.05, 0) is 35.9 Å². The van der Waals surface area contributed by atoms with E-state index in [1.165, 1.54) is 12.1 Å². The number of ether oxygens (including phenoxy) is 4. The molecule has 0 aliphatic carbocycles. The number of hydrogen-bond acceptors (Lipinski definition) is 6. The minimum atomic E-state index is -0.392. The Morgan fingerprint density at radius 2 is 2.14 bits per heavy atom. The monoisotopic (exact) mass is 380 g/mol. The fourth-order valence-corrected chi connectivity index (χ4v) is 3.16. The summed E-state index contributed by atoms with van der Waals surface area (Å²) in [6, 6.07) is 13.6. The summed E-state index contributed by atoms with van der Waals surface area (Å²) < 4.78 is 35.6. The fourth-order valence-electron chi connectivity index (χ4n) is 3.16. The highest BCUT2D eigenvalue weighted by molar-refractivity contribution is 6.01. The van der Waals surface area contributed by atoms with Crippen LogP contribution in [0.1, 0.15) is 5.69 Å². The molecule has 142 valence electrons. The third-order valence-corrected chi connectivity index (χ3v) is 4.49. The predicted molar refractivity (Wildman–Crippen MR) is 99.6 cm³/mol. The van der Waals surface area contributed by atoms with Crippen molar-refractivity contribution in [3.05, 3.63) is 54.0 Å². The van der Waals surface area contributed by atoms with Crippen LogP contribution in [-0.2, 0) is 9.47 Å². The van der Waals surface area contributed by atoms with Crippen molar-refractivity contribution in [2.75, 3.05) is 27.1 Å². The van der Waals surface area contributed by atoms with Gasteiger partial charge in [0.15, 0.2) is 5.69 Å². The summed E-state index contributed by atoms with van der Waals surface area (Å²) >= 11 is 0. The Labute approximate surface area is 161 Å². The van der Waals surface area contributed by atoms with Gasteiger partial charge in [0, 0.05) is 16.3 Å². The molecule has 0 N–H and O–H groups in total. The van der Waals surface area contributed by atoms with Gasteiger partial charge in [0.2, 0.25) is 5.88 Å². The highest BCUT2D eigenvalue weighted by Crippen LogP contribution is 2.37. The van der Waals surface area contributed by atoms with Crippen LogP contribution in [0.15, 0.2) is 42.5 Å². The van der Waals surface area contributed by atoms with Crippen molar-refractivity contribution in [3.63, 3.8) is 0 Å². The van der Waals surface area contributed by atoms with E-state index in [4.69, 9.17) is 18.9 Å². The number of halogens is 1. The van der Waals surface area contributed by atoms with E-state index >= 15 is 0 Å². The average Bonchev–Trinajstić information content (AvgIpc) is 3.24. The van der Waals surface area contributed by atoms with Crippen molar-refractivity contribution < 1.29 is 23.3 Å². The van der Waals surface area contributed by atoms with E-state index in [-0.39, 0.29) is 25.2 Å². The number of nitrogens with zero attached hydrogens (tertiary/aromatic N) is 2. The average molecular weight is 380 g/mol. The Hall–Kier alpha value is -3.21. The summed E-state index contributed by atoms with van der Waals surface area (Å²) in [5.41, 5.74) is 1.23. The molecule has 2 heterocycles. The van der Waals surface area contributed by atoms with E-state index in [0.717, 1.165) is 0 Å². The topological polar surface area (TPSA) is 73.6 Å². The third-order valence-electron chi connectivity index (χ3n) is 4.49. The first-order valence-electron chi connectivity index (χ1n) is 8.69. The zero-order valence-corrected chi connectivity index (χ0v) is 15.1. The molecule has 7 heteroatoms. The summed E-state index contributed by atoms with van der Waals surface area (Å²) in [6.45, 7) is 0.928. The molecule has 0 radical (unpaired) electrons. The molecule has 3 aromatic rings.